The number of halogens is 1. The Bertz CT molecular complexity index is 1110. The Morgan fingerprint density at radius 2 is 1.87 bits per heavy atom. The molecule has 11 heteroatoms. The van der Waals surface area contributed by atoms with E-state index in [9.17, 15) is 13.2 Å². The van der Waals surface area contributed by atoms with Crippen molar-refractivity contribution in [2.24, 2.45) is 0 Å². The van der Waals surface area contributed by atoms with Crippen LogP contribution in [0.4, 0.5) is 0 Å². The molecule has 0 saturated heterocycles. The maximum atomic E-state index is 12.4. The number of H-pyrrole nitrogens is 1. The first-order chi connectivity index (χ1) is 14.8. The summed E-state index contributed by atoms with van der Waals surface area (Å²) >= 11 is 7.30. The van der Waals surface area contributed by atoms with Gasteiger partial charge in [0.2, 0.25) is 21.1 Å². The van der Waals surface area contributed by atoms with E-state index in [4.69, 9.17) is 11.6 Å². The summed E-state index contributed by atoms with van der Waals surface area (Å²) in [6, 6.07) is 15.7. The molecule has 0 radical (unpaired) electrons. The maximum Gasteiger partial charge on any atom is 0.221 e. The number of nitrogens with one attached hydrogen (secondary N) is 3. The van der Waals surface area contributed by atoms with Gasteiger partial charge >= 0.3 is 0 Å². The fraction of sp³-hybridized carbons (Fsp3) is 0.250. The number of nitrogens with zero attached hydrogens (tertiary/aromatic N) is 2. The van der Waals surface area contributed by atoms with Crippen molar-refractivity contribution >= 4 is 39.3 Å². The highest BCUT2D eigenvalue weighted by Crippen LogP contribution is 2.21. The molecule has 1 aromatic heterocycles. The molecule has 1 heterocycles. The number of carbonyl (C=O) groups is 1. The molecule has 1 atom stereocenters. The molecule has 3 aromatic rings. The minimum atomic E-state index is -3.50. The predicted octanol–water partition coefficient (Wildman–Crippen LogP) is 3.01. The highest BCUT2D eigenvalue weighted by atomic mass is 35.5. The van der Waals surface area contributed by atoms with Crippen LogP contribution in [0.2, 0.25) is 5.02 Å². The van der Waals surface area contributed by atoms with E-state index in [-0.39, 0.29) is 12.3 Å². The lowest BCUT2D eigenvalue weighted by atomic mass is 10.0. The average molecular weight is 480 g/mol. The normalized spacial score (nSPS) is 12.5. The third-order valence-electron chi connectivity index (χ3n) is 4.19. The number of thioether (sulfide) groups is 1. The van der Waals surface area contributed by atoms with Crippen molar-refractivity contribution in [3.05, 3.63) is 65.2 Å². The molecule has 0 spiro atoms. The van der Waals surface area contributed by atoms with E-state index in [0.717, 1.165) is 11.8 Å². The second kappa shape index (κ2) is 10.8. The molecule has 0 aliphatic heterocycles. The fourth-order valence-electron chi connectivity index (χ4n) is 2.81. The number of hydrogen-bond donors (Lipinski definition) is 3. The molecular weight excluding hydrogens is 458 g/mol. The molecule has 2 aromatic carbocycles. The Kier molecular flexibility index (Phi) is 8.08. The lowest BCUT2D eigenvalue weighted by Crippen LogP contribution is -2.34. The lowest BCUT2D eigenvalue weighted by Gasteiger charge is -2.18. The van der Waals surface area contributed by atoms with Gasteiger partial charge in [0.15, 0.2) is 5.82 Å². The average Bonchev–Trinajstić information content (AvgIpc) is 3.20. The van der Waals surface area contributed by atoms with Crippen LogP contribution < -0.4 is 10.0 Å². The molecular formula is C20H22ClN5O3S2. The third-order valence-corrected chi connectivity index (χ3v) is 6.00. The number of hydrogen-bond acceptors (Lipinski definition) is 6. The molecule has 1 amide bonds. The van der Waals surface area contributed by atoms with Gasteiger partial charge in [-0.15, -0.1) is 5.10 Å². The highest BCUT2D eigenvalue weighted by molar-refractivity contribution is 7.99. The van der Waals surface area contributed by atoms with E-state index >= 15 is 0 Å². The third kappa shape index (κ3) is 7.66. The first-order valence-electron chi connectivity index (χ1n) is 9.40. The number of aromatic nitrogens is 3. The molecule has 0 fully saturated rings. The summed E-state index contributed by atoms with van der Waals surface area (Å²) in [7, 11) is -3.50. The Labute approximate surface area is 190 Å². The van der Waals surface area contributed by atoms with Gasteiger partial charge < -0.3 is 5.32 Å². The van der Waals surface area contributed by atoms with Crippen molar-refractivity contribution in [2.45, 2.75) is 17.6 Å². The van der Waals surface area contributed by atoms with Gasteiger partial charge in [0.25, 0.3) is 0 Å². The quantitative estimate of drug-likeness (QED) is 0.304. The summed E-state index contributed by atoms with van der Waals surface area (Å²) in [6.07, 6.45) is 1.03. The van der Waals surface area contributed by atoms with E-state index in [0.29, 0.717) is 33.9 Å². The minimum absolute atomic E-state index is 0.0296. The van der Waals surface area contributed by atoms with Crippen molar-refractivity contribution in [3.63, 3.8) is 0 Å². The highest BCUT2D eigenvalue weighted by Gasteiger charge is 2.19. The van der Waals surface area contributed by atoms with Crippen molar-refractivity contribution in [1.82, 2.24) is 25.2 Å². The zero-order chi connectivity index (χ0) is 22.3. The van der Waals surface area contributed by atoms with Gasteiger partial charge in [0.05, 0.1) is 12.3 Å². The summed E-state index contributed by atoms with van der Waals surface area (Å²) < 4.78 is 25.9. The molecule has 31 heavy (non-hydrogen) atoms. The van der Waals surface area contributed by atoms with Crippen molar-refractivity contribution < 1.29 is 13.2 Å². The van der Waals surface area contributed by atoms with Crippen LogP contribution in [0.5, 0.6) is 0 Å². The molecule has 0 unspecified atom stereocenters. The number of amides is 1. The van der Waals surface area contributed by atoms with Gasteiger partial charge in [-0.3, -0.25) is 9.89 Å². The SMILES string of the molecule is CS(=O)(=O)N[C@H](CC(=O)NCCSc1n[nH]c(-c2ccccc2)n1)c1ccc(Cl)cc1. The Morgan fingerprint density at radius 3 is 2.55 bits per heavy atom. The smallest absolute Gasteiger partial charge is 0.221 e. The summed E-state index contributed by atoms with van der Waals surface area (Å²) in [5.41, 5.74) is 1.61. The molecule has 164 valence electrons. The van der Waals surface area contributed by atoms with E-state index in [2.05, 4.69) is 25.2 Å². The zero-order valence-corrected chi connectivity index (χ0v) is 19.1. The fourth-order valence-corrected chi connectivity index (χ4v) is 4.32. The summed E-state index contributed by atoms with van der Waals surface area (Å²) in [4.78, 5) is 16.8. The molecule has 0 aliphatic rings. The van der Waals surface area contributed by atoms with Gasteiger partial charge in [-0.25, -0.2) is 18.1 Å². The van der Waals surface area contributed by atoms with E-state index < -0.39 is 16.1 Å². The topological polar surface area (TPSA) is 117 Å². The molecule has 8 nitrogen and oxygen atoms in total. The largest absolute Gasteiger partial charge is 0.355 e. The number of benzene rings is 2. The second-order valence-corrected chi connectivity index (χ2v) is 10.0. The molecule has 3 N–H and O–H groups in total. The lowest BCUT2D eigenvalue weighted by molar-refractivity contribution is -0.121. The van der Waals surface area contributed by atoms with Crippen LogP contribution in [0.3, 0.4) is 0 Å². The van der Waals surface area contributed by atoms with Crippen LogP contribution in [0.25, 0.3) is 11.4 Å². The van der Waals surface area contributed by atoms with Crippen molar-refractivity contribution in [3.8, 4) is 11.4 Å². The van der Waals surface area contributed by atoms with Crippen LogP contribution in [0.1, 0.15) is 18.0 Å². The first-order valence-corrected chi connectivity index (χ1v) is 12.7. The minimum Gasteiger partial charge on any atom is -0.355 e. The molecule has 3 rings (SSSR count). The van der Waals surface area contributed by atoms with Crippen LogP contribution in [-0.2, 0) is 14.8 Å². The Balaban J connectivity index is 1.49. The predicted molar refractivity (Wildman–Crippen MR) is 122 cm³/mol. The monoisotopic (exact) mass is 479 g/mol. The number of sulfonamides is 1. The number of rotatable bonds is 10. The first kappa shape index (κ1) is 23.3. The molecule has 0 aliphatic carbocycles. The van der Waals surface area contributed by atoms with Gasteiger partial charge in [0, 0.05) is 29.3 Å². The van der Waals surface area contributed by atoms with Gasteiger partial charge in [-0.1, -0.05) is 65.8 Å². The van der Waals surface area contributed by atoms with Gasteiger partial charge in [-0.2, -0.15) is 0 Å². The van der Waals surface area contributed by atoms with Gasteiger partial charge in [-0.05, 0) is 17.7 Å². The van der Waals surface area contributed by atoms with E-state index in [1.165, 1.54) is 11.8 Å². The second-order valence-electron chi connectivity index (χ2n) is 6.73. The Morgan fingerprint density at radius 1 is 1.16 bits per heavy atom. The van der Waals surface area contributed by atoms with Crippen molar-refractivity contribution in [2.75, 3.05) is 18.6 Å². The van der Waals surface area contributed by atoms with Crippen LogP contribution in [-0.4, -0.2) is 48.1 Å². The van der Waals surface area contributed by atoms with E-state index in [1.807, 2.05) is 30.3 Å². The van der Waals surface area contributed by atoms with Gasteiger partial charge in [0.1, 0.15) is 0 Å². The van der Waals surface area contributed by atoms with Crippen LogP contribution in [0.15, 0.2) is 59.8 Å². The van der Waals surface area contributed by atoms with Crippen LogP contribution >= 0.6 is 23.4 Å². The standard InChI is InChI=1S/C20H22ClN5O3S2/c1-31(28,29)26-17(14-7-9-16(21)10-8-14)13-18(27)22-11-12-30-20-23-19(24-25-20)15-5-3-2-4-6-15/h2-10,17,26H,11-13H2,1H3,(H,22,27)(H,23,24,25)/t17-/m1/s1. The zero-order valence-electron chi connectivity index (χ0n) is 16.7. The maximum absolute atomic E-state index is 12.4. The number of carbonyl (C=O) groups excluding carboxylic acids is 1. The Hall–Kier alpha value is -2.40. The summed E-state index contributed by atoms with van der Waals surface area (Å²) in [5, 5.41) is 11.0. The van der Waals surface area contributed by atoms with E-state index in [1.54, 1.807) is 24.3 Å². The molecule has 0 bridgehead atoms. The van der Waals surface area contributed by atoms with Crippen molar-refractivity contribution in [1.29, 1.82) is 0 Å². The number of aromatic amines is 1. The van der Waals surface area contributed by atoms with Crippen LogP contribution in [0, 0.1) is 0 Å². The molecule has 0 saturated carbocycles. The summed E-state index contributed by atoms with van der Waals surface area (Å²) in [5.74, 6) is 0.990. The summed E-state index contributed by atoms with van der Waals surface area (Å²) in [6.45, 7) is 0.394.